The lowest BCUT2D eigenvalue weighted by atomic mass is 9.90. The third kappa shape index (κ3) is 5.99. The number of nitrogens with two attached hydrogens (primary N) is 1. The molecular weight excluding hydrogens is 613 g/mol. The van der Waals surface area contributed by atoms with Crippen LogP contribution in [-0.4, -0.2) is 39.5 Å². The highest BCUT2D eigenvalue weighted by atomic mass is 32.2. The monoisotopic (exact) mass is 640 g/mol. The van der Waals surface area contributed by atoms with Gasteiger partial charge in [-0.1, -0.05) is 25.1 Å². The highest BCUT2D eigenvalue weighted by Crippen LogP contribution is 2.40. The number of benzene rings is 2. The summed E-state index contributed by atoms with van der Waals surface area (Å²) in [7, 11) is -4.04. The zero-order chi connectivity index (χ0) is 31.3. The van der Waals surface area contributed by atoms with Crippen molar-refractivity contribution in [2.45, 2.75) is 37.9 Å². The van der Waals surface area contributed by atoms with E-state index in [-0.39, 0.29) is 23.3 Å². The van der Waals surface area contributed by atoms with E-state index >= 15 is 8.78 Å². The zero-order valence-electron chi connectivity index (χ0n) is 23.4. The summed E-state index contributed by atoms with van der Waals surface area (Å²) >= 11 is 1.10. The molecular formula is C31H27F3N4O4S2. The molecule has 4 aromatic rings. The van der Waals surface area contributed by atoms with E-state index in [4.69, 9.17) is 10.2 Å². The number of aromatic nitrogens is 3. The van der Waals surface area contributed by atoms with E-state index in [1.807, 2.05) is 0 Å². The predicted molar refractivity (Wildman–Crippen MR) is 160 cm³/mol. The van der Waals surface area contributed by atoms with E-state index in [1.165, 1.54) is 35.7 Å². The second kappa shape index (κ2) is 11.5. The number of rotatable bonds is 9. The van der Waals surface area contributed by atoms with E-state index in [9.17, 15) is 22.7 Å². The molecule has 8 nitrogen and oxygen atoms in total. The molecule has 6 rings (SSSR count). The van der Waals surface area contributed by atoms with Crippen molar-refractivity contribution in [1.29, 1.82) is 0 Å². The van der Waals surface area contributed by atoms with Crippen molar-refractivity contribution in [3.05, 3.63) is 100.0 Å². The number of thiazole rings is 1. The Kier molecular flexibility index (Phi) is 7.80. The fraction of sp³-hybridized carbons (Fsp3) is 0.258. The molecule has 1 saturated carbocycles. The van der Waals surface area contributed by atoms with Gasteiger partial charge in [-0.3, -0.25) is 0 Å². The van der Waals surface area contributed by atoms with Gasteiger partial charge >= 0.3 is 5.97 Å². The van der Waals surface area contributed by atoms with Gasteiger partial charge < -0.3 is 5.11 Å². The molecule has 0 radical (unpaired) electrons. The van der Waals surface area contributed by atoms with E-state index in [1.54, 1.807) is 29.8 Å². The first-order valence-corrected chi connectivity index (χ1v) is 16.3. The van der Waals surface area contributed by atoms with Crippen molar-refractivity contribution in [3.63, 3.8) is 0 Å². The third-order valence-electron chi connectivity index (χ3n) is 7.90. The van der Waals surface area contributed by atoms with E-state index in [0.717, 1.165) is 30.3 Å². The molecule has 2 aromatic heterocycles. The summed E-state index contributed by atoms with van der Waals surface area (Å²) in [6.45, 7) is 1.64. The van der Waals surface area contributed by atoms with Crippen LogP contribution >= 0.6 is 11.3 Å². The number of carboxylic acids is 1. The Morgan fingerprint density at radius 3 is 2.43 bits per heavy atom. The Morgan fingerprint density at radius 2 is 1.80 bits per heavy atom. The van der Waals surface area contributed by atoms with Crippen LogP contribution < -0.4 is 5.14 Å². The van der Waals surface area contributed by atoms with Crippen molar-refractivity contribution in [3.8, 4) is 27.5 Å². The molecule has 2 aliphatic carbocycles. The number of sulfonamides is 1. The van der Waals surface area contributed by atoms with Gasteiger partial charge in [-0.2, -0.15) is 5.10 Å². The third-order valence-corrected chi connectivity index (χ3v) is 10.0. The summed E-state index contributed by atoms with van der Waals surface area (Å²) in [5.74, 6) is -3.16. The van der Waals surface area contributed by atoms with Crippen LogP contribution in [0.15, 0.2) is 71.4 Å². The fourth-order valence-corrected chi connectivity index (χ4v) is 7.23. The summed E-state index contributed by atoms with van der Waals surface area (Å²) in [6, 6.07) is 9.82. The Hall–Kier alpha value is -4.07. The Labute approximate surface area is 255 Å². The molecule has 0 bridgehead atoms. The van der Waals surface area contributed by atoms with Crippen LogP contribution in [0.25, 0.3) is 27.5 Å². The minimum atomic E-state index is -4.04. The summed E-state index contributed by atoms with van der Waals surface area (Å²) in [4.78, 5) is 15.9. The molecule has 0 spiro atoms. The number of carbonyl (C=O) groups is 1. The van der Waals surface area contributed by atoms with E-state index < -0.39 is 44.6 Å². The van der Waals surface area contributed by atoms with Gasteiger partial charge in [0.2, 0.25) is 15.2 Å². The van der Waals surface area contributed by atoms with Gasteiger partial charge in [0.15, 0.2) is 5.69 Å². The molecule has 2 atom stereocenters. The maximum absolute atomic E-state index is 15.5. The van der Waals surface area contributed by atoms with Crippen LogP contribution in [0.3, 0.4) is 0 Å². The van der Waals surface area contributed by atoms with Crippen molar-refractivity contribution in [2.75, 3.05) is 0 Å². The molecule has 1 fully saturated rings. The van der Waals surface area contributed by atoms with Crippen LogP contribution in [0.4, 0.5) is 13.2 Å². The van der Waals surface area contributed by atoms with E-state index in [0.29, 0.717) is 45.5 Å². The standard InChI is InChI=1S/C31H27F3N4O4S2/c1-16-10-20(25(34)14-28(16)44(35,41)42)13-23-27(11-17-2-3-17)38(31-36-26(15-43-31)30(39)40)37-29(23)19-6-9-24(33)22(12-19)18-4-7-21(32)8-5-18/h4-10,12,14-17,28H,2-3,11,13H2,1H3,(H,39,40)(H2,35,41,42). The van der Waals surface area contributed by atoms with Crippen LogP contribution in [-0.2, 0) is 22.9 Å². The number of carboxylic acid groups (broad SMARTS) is 1. The average molecular weight is 641 g/mol. The molecule has 0 saturated heterocycles. The lowest BCUT2D eigenvalue weighted by Gasteiger charge is -2.23. The molecule has 228 valence electrons. The molecule has 0 amide bonds. The Bertz CT molecular complexity index is 1940. The maximum Gasteiger partial charge on any atom is 0.355 e. The maximum atomic E-state index is 15.5. The number of allylic oxidation sites excluding steroid dienone is 3. The summed E-state index contributed by atoms with van der Waals surface area (Å²) < 4.78 is 69.9. The minimum Gasteiger partial charge on any atom is -0.476 e. The lowest BCUT2D eigenvalue weighted by molar-refractivity contribution is 0.0691. The SMILES string of the molecule is CC1C=C(Cc2c(-c3ccc(F)c(-c4ccc(F)cc4)c3)nn(-c3nc(C(=O)O)cs3)c2CC2CC2)C(F)=CC1S(N)(=O)=O. The highest BCUT2D eigenvalue weighted by Gasteiger charge is 2.33. The first kappa shape index (κ1) is 30.0. The molecule has 2 heterocycles. The molecule has 2 aromatic carbocycles. The van der Waals surface area contributed by atoms with Crippen LogP contribution in [0.2, 0.25) is 0 Å². The van der Waals surface area contributed by atoms with Crippen molar-refractivity contribution < 1.29 is 31.5 Å². The van der Waals surface area contributed by atoms with Gasteiger partial charge in [0, 0.05) is 28.5 Å². The first-order chi connectivity index (χ1) is 20.9. The topological polar surface area (TPSA) is 128 Å². The molecule has 2 unspecified atom stereocenters. The number of hydrogen-bond acceptors (Lipinski definition) is 6. The van der Waals surface area contributed by atoms with E-state index in [2.05, 4.69) is 4.98 Å². The van der Waals surface area contributed by atoms with Gasteiger partial charge in [-0.15, -0.1) is 11.3 Å². The number of nitrogens with zero attached hydrogens (tertiary/aromatic N) is 3. The van der Waals surface area contributed by atoms with Crippen LogP contribution in [0, 0.1) is 23.5 Å². The number of aromatic carboxylic acids is 1. The highest BCUT2D eigenvalue weighted by molar-refractivity contribution is 7.90. The van der Waals surface area contributed by atoms with Crippen molar-refractivity contribution in [2.24, 2.45) is 17.0 Å². The largest absolute Gasteiger partial charge is 0.476 e. The number of hydrogen-bond donors (Lipinski definition) is 2. The van der Waals surface area contributed by atoms with Crippen LogP contribution in [0.1, 0.15) is 41.5 Å². The van der Waals surface area contributed by atoms with Crippen LogP contribution in [0.5, 0.6) is 0 Å². The van der Waals surface area contributed by atoms with Gasteiger partial charge in [0.05, 0.1) is 11.4 Å². The molecule has 44 heavy (non-hydrogen) atoms. The number of halogens is 3. The second-order valence-corrected chi connectivity index (χ2v) is 13.7. The van der Waals surface area contributed by atoms with Gasteiger partial charge in [0.1, 0.15) is 22.7 Å². The Balaban J connectivity index is 1.53. The summed E-state index contributed by atoms with van der Waals surface area (Å²) in [6.07, 6.45) is 5.12. The molecule has 0 aliphatic heterocycles. The van der Waals surface area contributed by atoms with Crippen molar-refractivity contribution >= 4 is 27.3 Å². The quantitative estimate of drug-likeness (QED) is 0.224. The summed E-state index contributed by atoms with van der Waals surface area (Å²) in [5, 5.41) is 20.2. The molecule has 2 aliphatic rings. The fourth-order valence-electron chi connectivity index (χ4n) is 5.47. The summed E-state index contributed by atoms with van der Waals surface area (Å²) in [5.41, 5.74) is 3.00. The Morgan fingerprint density at radius 1 is 1.09 bits per heavy atom. The lowest BCUT2D eigenvalue weighted by Crippen LogP contribution is -2.33. The molecule has 13 heteroatoms. The first-order valence-electron chi connectivity index (χ1n) is 13.8. The second-order valence-electron chi connectivity index (χ2n) is 11.2. The normalized spacial score (nSPS) is 18.7. The predicted octanol–water partition coefficient (Wildman–Crippen LogP) is 6.22. The van der Waals surface area contributed by atoms with Crippen molar-refractivity contribution in [1.82, 2.24) is 14.8 Å². The average Bonchev–Trinajstić information content (AvgIpc) is 3.52. The van der Waals surface area contributed by atoms with Gasteiger partial charge in [0.25, 0.3) is 0 Å². The van der Waals surface area contributed by atoms with Gasteiger partial charge in [-0.05, 0) is 78.6 Å². The molecule has 3 N–H and O–H groups in total. The van der Waals surface area contributed by atoms with Gasteiger partial charge in [-0.25, -0.2) is 41.2 Å². The zero-order valence-corrected chi connectivity index (χ0v) is 25.0. The minimum absolute atomic E-state index is 0.0296. The smallest absolute Gasteiger partial charge is 0.355 e. The number of primary sulfonamides is 1.